The first-order valence-electron chi connectivity index (χ1n) is 13.3. The van der Waals surface area contributed by atoms with Crippen molar-refractivity contribution in [1.82, 2.24) is 14.1 Å². The molecule has 0 saturated carbocycles. The number of methoxy groups -OCH3 is 1. The highest BCUT2D eigenvalue weighted by Gasteiger charge is 2.43. The van der Waals surface area contributed by atoms with Gasteiger partial charge in [-0.1, -0.05) is 23.8 Å². The molecule has 3 fully saturated rings. The number of amides is 1. The number of benzene rings is 2. The fourth-order valence-corrected chi connectivity index (χ4v) is 7.44. The molecule has 3 aliphatic heterocycles. The van der Waals surface area contributed by atoms with Crippen LogP contribution in [-0.4, -0.2) is 93.6 Å². The van der Waals surface area contributed by atoms with Crippen molar-refractivity contribution in [3.05, 3.63) is 59.2 Å². The molecule has 0 radical (unpaired) electrons. The molecule has 2 unspecified atom stereocenters. The van der Waals surface area contributed by atoms with Crippen LogP contribution in [0.1, 0.15) is 34.3 Å². The molecule has 5 rings (SSSR count). The van der Waals surface area contributed by atoms with Crippen molar-refractivity contribution in [3.8, 4) is 5.75 Å². The number of piperidine rings is 1. The first-order chi connectivity index (χ1) is 18.1. The van der Waals surface area contributed by atoms with E-state index in [0.29, 0.717) is 42.6 Å². The van der Waals surface area contributed by atoms with Gasteiger partial charge in [0.2, 0.25) is 0 Å². The van der Waals surface area contributed by atoms with E-state index in [1.54, 1.807) is 40.6 Å². The molecule has 10 heteroatoms. The number of rotatable bonds is 7. The van der Waals surface area contributed by atoms with Crippen LogP contribution in [0.5, 0.6) is 5.75 Å². The lowest BCUT2D eigenvalue weighted by Crippen LogP contribution is -2.49. The zero-order chi connectivity index (χ0) is 27.0. The highest BCUT2D eigenvalue weighted by molar-refractivity contribution is 7.90. The van der Waals surface area contributed by atoms with Crippen LogP contribution in [0.2, 0.25) is 0 Å². The second-order valence-electron chi connectivity index (χ2n) is 10.9. The summed E-state index contributed by atoms with van der Waals surface area (Å²) in [4.78, 5) is 17.2. The second-order valence-corrected chi connectivity index (χ2v) is 12.5. The van der Waals surface area contributed by atoms with Gasteiger partial charge in [-0.15, -0.1) is 0 Å². The molecule has 9 nitrogen and oxygen atoms in total. The number of fused-ring (bicyclic) bond motifs is 1. The summed E-state index contributed by atoms with van der Waals surface area (Å²) in [6.45, 7) is 7.02. The maximum absolute atomic E-state index is 13.3. The average molecular weight is 543 g/mol. The maximum Gasteiger partial charge on any atom is 0.301 e. The third-order valence-corrected chi connectivity index (χ3v) is 9.68. The van der Waals surface area contributed by atoms with Gasteiger partial charge in [-0.05, 0) is 70.0 Å². The largest absolute Gasteiger partial charge is 0.486 e. The zero-order valence-electron chi connectivity index (χ0n) is 22.6. The van der Waals surface area contributed by atoms with Crippen LogP contribution in [-0.2, 0) is 14.9 Å². The summed E-state index contributed by atoms with van der Waals surface area (Å²) in [6, 6.07) is 12.9. The Morgan fingerprint density at radius 3 is 2.55 bits per heavy atom. The normalized spacial score (nSPS) is 26.4. The van der Waals surface area contributed by atoms with E-state index in [1.807, 2.05) is 39.1 Å². The molecule has 0 bridgehead atoms. The number of hydrogen-bond acceptors (Lipinski definition) is 6. The number of ether oxygens (including phenoxy) is 2. The number of nitrogens with one attached hydrogen (secondary N) is 1. The van der Waals surface area contributed by atoms with Gasteiger partial charge in [0, 0.05) is 37.9 Å². The highest BCUT2D eigenvalue weighted by atomic mass is 32.2. The number of carbonyl (C=O) groups excluding carboxylic acids is 1. The zero-order valence-corrected chi connectivity index (χ0v) is 23.4. The summed E-state index contributed by atoms with van der Waals surface area (Å²) in [7, 11) is -0.0442. The van der Waals surface area contributed by atoms with Crippen LogP contribution in [0.25, 0.3) is 0 Å². The lowest BCUT2D eigenvalue weighted by atomic mass is 9.93. The van der Waals surface area contributed by atoms with Gasteiger partial charge >= 0.3 is 10.2 Å². The molecule has 2 aromatic rings. The fraction of sp³-hybridized carbons (Fsp3) is 0.536. The Hall–Kier alpha value is -2.66. The molecular weight excluding hydrogens is 504 g/mol. The number of likely N-dealkylation sites (tertiary alicyclic amines) is 2. The van der Waals surface area contributed by atoms with Gasteiger partial charge in [-0.25, -0.2) is 0 Å². The molecule has 2 aromatic carbocycles. The van der Waals surface area contributed by atoms with Crippen molar-refractivity contribution in [1.29, 1.82) is 0 Å². The third-order valence-electron chi connectivity index (χ3n) is 8.12. The molecule has 3 heterocycles. The van der Waals surface area contributed by atoms with Gasteiger partial charge < -0.3 is 19.3 Å². The molecule has 0 aromatic heterocycles. The van der Waals surface area contributed by atoms with E-state index in [2.05, 4.69) is 9.62 Å². The van der Waals surface area contributed by atoms with Gasteiger partial charge in [0.05, 0.1) is 18.8 Å². The molecule has 1 amide bonds. The maximum atomic E-state index is 13.3. The first kappa shape index (κ1) is 26.9. The Bertz CT molecular complexity index is 1290. The molecule has 0 spiro atoms. The Morgan fingerprint density at radius 1 is 1.00 bits per heavy atom. The van der Waals surface area contributed by atoms with Gasteiger partial charge in [-0.3, -0.25) is 9.52 Å². The number of nitrogens with zero attached hydrogens (tertiary/aromatic N) is 3. The van der Waals surface area contributed by atoms with Crippen molar-refractivity contribution in [2.45, 2.75) is 44.9 Å². The Balaban J connectivity index is 1.26. The van der Waals surface area contributed by atoms with Crippen LogP contribution < -0.4 is 9.46 Å². The van der Waals surface area contributed by atoms with E-state index in [9.17, 15) is 13.2 Å². The van der Waals surface area contributed by atoms with E-state index >= 15 is 0 Å². The SMILES string of the molecule is COC1CN(C(=O)c2cc(C)ccc2C)CC1Oc1cccc(NS(=O)(=O)N2CC[C@H]3CCN(C)C[C@@H]32)c1. The summed E-state index contributed by atoms with van der Waals surface area (Å²) in [6.07, 6.45) is 1.26. The van der Waals surface area contributed by atoms with E-state index in [-0.39, 0.29) is 24.2 Å². The van der Waals surface area contributed by atoms with Crippen LogP contribution in [0.3, 0.4) is 0 Å². The quantitative estimate of drug-likeness (QED) is 0.579. The topological polar surface area (TPSA) is 91.4 Å². The lowest BCUT2D eigenvalue weighted by Gasteiger charge is -2.36. The number of hydrogen-bond donors (Lipinski definition) is 1. The van der Waals surface area contributed by atoms with E-state index in [4.69, 9.17) is 9.47 Å². The first-order valence-corrected chi connectivity index (χ1v) is 14.7. The van der Waals surface area contributed by atoms with Gasteiger partial charge in [0.25, 0.3) is 5.91 Å². The number of aryl methyl sites for hydroxylation is 2. The van der Waals surface area contributed by atoms with E-state index < -0.39 is 10.2 Å². The van der Waals surface area contributed by atoms with Crippen molar-refractivity contribution < 1.29 is 22.7 Å². The number of likely N-dealkylation sites (N-methyl/N-ethyl adjacent to an activating group) is 1. The number of carbonyl (C=O) groups is 1. The summed E-state index contributed by atoms with van der Waals surface area (Å²) in [5.74, 6) is 0.896. The van der Waals surface area contributed by atoms with Gasteiger partial charge in [-0.2, -0.15) is 12.7 Å². The fourth-order valence-electron chi connectivity index (χ4n) is 5.96. The minimum Gasteiger partial charge on any atom is -0.486 e. The smallest absolute Gasteiger partial charge is 0.301 e. The Kier molecular flexibility index (Phi) is 7.68. The molecule has 0 aliphatic carbocycles. The summed E-state index contributed by atoms with van der Waals surface area (Å²) >= 11 is 0. The minimum absolute atomic E-state index is 0.00666. The standard InChI is InChI=1S/C28H38N4O5S/c1-19-8-9-20(2)24(14-19)28(33)31-17-26(36-4)27(18-31)37-23-7-5-6-22(15-23)29-38(34,35)32-13-11-21-10-12-30(3)16-25(21)32/h5-9,14-15,21,25-27,29H,10-13,16-18H2,1-4H3/t21-,25+,26?,27?/m1/s1. The van der Waals surface area contributed by atoms with Gasteiger partial charge in [0.1, 0.15) is 18.0 Å². The van der Waals surface area contributed by atoms with Crippen molar-refractivity contribution in [3.63, 3.8) is 0 Å². The Morgan fingerprint density at radius 2 is 1.76 bits per heavy atom. The predicted molar refractivity (Wildman–Crippen MR) is 147 cm³/mol. The Labute approximate surface area is 225 Å². The van der Waals surface area contributed by atoms with Gasteiger partial charge in [0.15, 0.2) is 0 Å². The molecular formula is C28H38N4O5S. The summed E-state index contributed by atoms with van der Waals surface area (Å²) in [5, 5.41) is 0. The molecule has 4 atom stereocenters. The average Bonchev–Trinajstić information content (AvgIpc) is 3.49. The molecule has 1 N–H and O–H groups in total. The molecule has 3 saturated heterocycles. The highest BCUT2D eigenvalue weighted by Crippen LogP contribution is 2.34. The summed E-state index contributed by atoms with van der Waals surface area (Å²) < 4.78 is 42.9. The number of anilines is 1. The van der Waals surface area contributed by atoms with Crippen molar-refractivity contribution >= 4 is 21.8 Å². The lowest BCUT2D eigenvalue weighted by molar-refractivity contribution is 0.0340. The molecule has 3 aliphatic rings. The molecule has 206 valence electrons. The van der Waals surface area contributed by atoms with Crippen LogP contribution in [0.15, 0.2) is 42.5 Å². The van der Waals surface area contributed by atoms with Crippen LogP contribution in [0, 0.1) is 19.8 Å². The van der Waals surface area contributed by atoms with Crippen molar-refractivity contribution in [2.75, 3.05) is 51.6 Å². The minimum atomic E-state index is -3.70. The third kappa shape index (κ3) is 5.54. The summed E-state index contributed by atoms with van der Waals surface area (Å²) in [5.41, 5.74) is 3.10. The van der Waals surface area contributed by atoms with Crippen LogP contribution in [0.4, 0.5) is 5.69 Å². The molecule has 38 heavy (non-hydrogen) atoms. The van der Waals surface area contributed by atoms with E-state index in [1.165, 1.54) is 0 Å². The van der Waals surface area contributed by atoms with E-state index in [0.717, 1.165) is 37.1 Å². The van der Waals surface area contributed by atoms with Crippen LogP contribution >= 0.6 is 0 Å². The predicted octanol–water partition coefficient (Wildman–Crippen LogP) is 2.90. The second kappa shape index (κ2) is 10.8. The van der Waals surface area contributed by atoms with Crippen molar-refractivity contribution in [2.24, 2.45) is 5.92 Å². The monoisotopic (exact) mass is 542 g/mol.